The van der Waals surface area contributed by atoms with Crippen LogP contribution in [0.1, 0.15) is 32.0 Å². The normalized spacial score (nSPS) is 22.5. The molecule has 1 aliphatic heterocycles. The van der Waals surface area contributed by atoms with Crippen molar-refractivity contribution >= 4 is 0 Å². The van der Waals surface area contributed by atoms with Gasteiger partial charge in [0.05, 0.1) is 19.8 Å². The molecule has 0 bridgehead atoms. The first kappa shape index (κ1) is 11.5. The van der Waals surface area contributed by atoms with Crippen molar-refractivity contribution in [3.05, 3.63) is 11.7 Å². The predicted octanol–water partition coefficient (Wildman–Crippen LogP) is 1.24. The number of hydrogen-bond acceptors (Lipinski definition) is 5. The average molecular weight is 225 g/mol. The highest BCUT2D eigenvalue weighted by molar-refractivity contribution is 4.87. The number of nitrogens with zero attached hydrogens (tertiary/aromatic N) is 3. The molecule has 2 rings (SSSR count). The Morgan fingerprint density at radius 1 is 1.50 bits per heavy atom. The van der Waals surface area contributed by atoms with E-state index in [0.717, 1.165) is 50.9 Å². The molecule has 1 saturated heterocycles. The van der Waals surface area contributed by atoms with Crippen LogP contribution < -0.4 is 0 Å². The van der Waals surface area contributed by atoms with Gasteiger partial charge in [-0.05, 0) is 13.3 Å². The number of morpholine rings is 1. The van der Waals surface area contributed by atoms with Crippen molar-refractivity contribution in [2.45, 2.75) is 39.3 Å². The van der Waals surface area contributed by atoms with Gasteiger partial charge in [-0.3, -0.25) is 4.90 Å². The maximum absolute atomic E-state index is 5.39. The number of aryl methyl sites for hydroxylation is 1. The summed E-state index contributed by atoms with van der Waals surface area (Å²) in [4.78, 5) is 6.68. The maximum Gasteiger partial charge on any atom is 0.240 e. The molecule has 1 atom stereocenters. The van der Waals surface area contributed by atoms with Crippen molar-refractivity contribution in [3.8, 4) is 0 Å². The van der Waals surface area contributed by atoms with E-state index in [-0.39, 0.29) is 0 Å². The molecule has 5 heteroatoms. The van der Waals surface area contributed by atoms with E-state index in [9.17, 15) is 0 Å². The molecule has 0 aromatic carbocycles. The lowest BCUT2D eigenvalue weighted by Crippen LogP contribution is -2.42. The van der Waals surface area contributed by atoms with E-state index in [0.29, 0.717) is 6.04 Å². The summed E-state index contributed by atoms with van der Waals surface area (Å²) in [6.07, 6.45) is 1.94. The molecule has 1 aliphatic rings. The SMILES string of the molecule is CCCc1noc(CN2CCOC[C@@H]2C)n1. The monoisotopic (exact) mass is 225 g/mol. The van der Waals surface area contributed by atoms with Crippen molar-refractivity contribution in [2.24, 2.45) is 0 Å². The second-order valence-corrected chi connectivity index (χ2v) is 4.25. The summed E-state index contributed by atoms with van der Waals surface area (Å²) in [5, 5.41) is 3.95. The van der Waals surface area contributed by atoms with E-state index < -0.39 is 0 Å². The molecule has 0 spiro atoms. The fraction of sp³-hybridized carbons (Fsp3) is 0.818. The third kappa shape index (κ3) is 2.80. The van der Waals surface area contributed by atoms with Gasteiger partial charge >= 0.3 is 0 Å². The smallest absolute Gasteiger partial charge is 0.240 e. The number of hydrogen-bond donors (Lipinski definition) is 0. The van der Waals surface area contributed by atoms with Crippen molar-refractivity contribution in [2.75, 3.05) is 19.8 Å². The fourth-order valence-corrected chi connectivity index (χ4v) is 1.85. The van der Waals surface area contributed by atoms with Gasteiger partial charge in [-0.1, -0.05) is 12.1 Å². The Bertz CT molecular complexity index is 327. The van der Waals surface area contributed by atoms with E-state index in [1.165, 1.54) is 0 Å². The van der Waals surface area contributed by atoms with Gasteiger partial charge in [-0.2, -0.15) is 4.98 Å². The van der Waals surface area contributed by atoms with Gasteiger partial charge in [0.1, 0.15) is 0 Å². The molecule has 1 aromatic rings. The molecule has 0 saturated carbocycles. The van der Waals surface area contributed by atoms with Gasteiger partial charge in [-0.15, -0.1) is 0 Å². The minimum Gasteiger partial charge on any atom is -0.379 e. The topological polar surface area (TPSA) is 51.4 Å². The molecular weight excluding hydrogens is 206 g/mol. The Labute approximate surface area is 95.8 Å². The molecule has 90 valence electrons. The highest BCUT2D eigenvalue weighted by atomic mass is 16.5. The Balaban J connectivity index is 1.91. The van der Waals surface area contributed by atoms with Crippen molar-refractivity contribution in [3.63, 3.8) is 0 Å². The highest BCUT2D eigenvalue weighted by Crippen LogP contribution is 2.11. The van der Waals surface area contributed by atoms with Crippen LogP contribution in [0.4, 0.5) is 0 Å². The summed E-state index contributed by atoms with van der Waals surface area (Å²) in [6, 6.07) is 0.426. The molecule has 2 heterocycles. The minimum absolute atomic E-state index is 0.426. The second kappa shape index (κ2) is 5.41. The average Bonchev–Trinajstić information content (AvgIpc) is 2.70. The quantitative estimate of drug-likeness (QED) is 0.771. The second-order valence-electron chi connectivity index (χ2n) is 4.25. The first-order valence-corrected chi connectivity index (χ1v) is 5.93. The van der Waals surface area contributed by atoms with Crippen LogP contribution in [0.15, 0.2) is 4.52 Å². The number of aromatic nitrogens is 2. The molecule has 0 aliphatic carbocycles. The predicted molar refractivity (Wildman–Crippen MR) is 59.0 cm³/mol. The molecule has 0 radical (unpaired) electrons. The zero-order chi connectivity index (χ0) is 11.4. The van der Waals surface area contributed by atoms with Crippen LogP contribution in [-0.2, 0) is 17.7 Å². The lowest BCUT2D eigenvalue weighted by molar-refractivity contribution is -0.00852. The molecule has 0 N–H and O–H groups in total. The van der Waals surface area contributed by atoms with Crippen LogP contribution >= 0.6 is 0 Å². The summed E-state index contributed by atoms with van der Waals surface area (Å²) in [6.45, 7) is 7.52. The van der Waals surface area contributed by atoms with Gasteiger partial charge in [0.2, 0.25) is 5.89 Å². The van der Waals surface area contributed by atoms with Gasteiger partial charge < -0.3 is 9.26 Å². The van der Waals surface area contributed by atoms with Crippen molar-refractivity contribution < 1.29 is 9.26 Å². The summed E-state index contributed by atoms with van der Waals surface area (Å²) in [5.74, 6) is 1.54. The van der Waals surface area contributed by atoms with Crippen LogP contribution in [0.5, 0.6) is 0 Å². The Morgan fingerprint density at radius 2 is 2.38 bits per heavy atom. The van der Waals surface area contributed by atoms with Crippen LogP contribution in [0, 0.1) is 0 Å². The van der Waals surface area contributed by atoms with Crippen LogP contribution in [-0.4, -0.2) is 40.8 Å². The third-order valence-electron chi connectivity index (χ3n) is 2.83. The first-order chi connectivity index (χ1) is 7.79. The first-order valence-electron chi connectivity index (χ1n) is 5.93. The third-order valence-corrected chi connectivity index (χ3v) is 2.83. The standard InChI is InChI=1S/C11H19N3O2/c1-3-4-10-12-11(16-13-10)7-14-5-6-15-8-9(14)2/h9H,3-8H2,1-2H3/t9-/m0/s1. The van der Waals surface area contributed by atoms with E-state index in [2.05, 4.69) is 28.9 Å². The number of ether oxygens (including phenoxy) is 1. The zero-order valence-corrected chi connectivity index (χ0v) is 9.98. The van der Waals surface area contributed by atoms with E-state index in [4.69, 9.17) is 9.26 Å². The highest BCUT2D eigenvalue weighted by Gasteiger charge is 2.20. The molecule has 0 amide bonds. The minimum atomic E-state index is 0.426. The molecular formula is C11H19N3O2. The van der Waals surface area contributed by atoms with Crippen LogP contribution in [0.3, 0.4) is 0 Å². The lowest BCUT2D eigenvalue weighted by atomic mass is 10.2. The summed E-state index contributed by atoms with van der Waals surface area (Å²) in [7, 11) is 0. The zero-order valence-electron chi connectivity index (χ0n) is 9.98. The summed E-state index contributed by atoms with van der Waals surface area (Å²) >= 11 is 0. The van der Waals surface area contributed by atoms with Gasteiger partial charge in [0, 0.05) is 19.0 Å². The van der Waals surface area contributed by atoms with E-state index >= 15 is 0 Å². The molecule has 0 unspecified atom stereocenters. The molecule has 1 fully saturated rings. The van der Waals surface area contributed by atoms with Gasteiger partial charge in [0.25, 0.3) is 0 Å². The van der Waals surface area contributed by atoms with Crippen LogP contribution in [0.2, 0.25) is 0 Å². The lowest BCUT2D eigenvalue weighted by Gasteiger charge is -2.31. The fourth-order valence-electron chi connectivity index (χ4n) is 1.85. The summed E-state index contributed by atoms with van der Waals surface area (Å²) < 4.78 is 10.6. The molecule has 1 aromatic heterocycles. The summed E-state index contributed by atoms with van der Waals surface area (Å²) in [5.41, 5.74) is 0. The van der Waals surface area contributed by atoms with Crippen LogP contribution in [0.25, 0.3) is 0 Å². The Morgan fingerprint density at radius 3 is 3.12 bits per heavy atom. The Kier molecular flexibility index (Phi) is 3.90. The van der Waals surface area contributed by atoms with Gasteiger partial charge in [0.15, 0.2) is 5.82 Å². The van der Waals surface area contributed by atoms with Crippen molar-refractivity contribution in [1.82, 2.24) is 15.0 Å². The maximum atomic E-state index is 5.39. The molecule has 16 heavy (non-hydrogen) atoms. The van der Waals surface area contributed by atoms with E-state index in [1.807, 2.05) is 0 Å². The van der Waals surface area contributed by atoms with Crippen molar-refractivity contribution in [1.29, 1.82) is 0 Å². The van der Waals surface area contributed by atoms with Gasteiger partial charge in [-0.25, -0.2) is 0 Å². The largest absolute Gasteiger partial charge is 0.379 e. The Hall–Kier alpha value is -0.940. The van der Waals surface area contributed by atoms with E-state index in [1.54, 1.807) is 0 Å². The molecule has 5 nitrogen and oxygen atoms in total. The number of rotatable bonds is 4.